The highest BCUT2D eigenvalue weighted by Crippen LogP contribution is 2.47. The van der Waals surface area contributed by atoms with Crippen LogP contribution in [0.5, 0.6) is 0 Å². The number of urea groups is 1. The molecule has 0 atom stereocenters. The van der Waals surface area contributed by atoms with Gasteiger partial charge in [-0.25, -0.2) is 9.18 Å². The van der Waals surface area contributed by atoms with Gasteiger partial charge in [-0.1, -0.05) is 24.3 Å². The molecule has 0 unspecified atom stereocenters. The van der Waals surface area contributed by atoms with Crippen LogP contribution < -0.4 is 10.6 Å². The number of anilines is 1. The van der Waals surface area contributed by atoms with Crippen molar-refractivity contribution < 1.29 is 9.18 Å². The van der Waals surface area contributed by atoms with Gasteiger partial charge in [-0.15, -0.1) is 0 Å². The first-order chi connectivity index (χ1) is 11.0. The van der Waals surface area contributed by atoms with E-state index in [1.807, 2.05) is 44.2 Å². The fourth-order valence-corrected chi connectivity index (χ4v) is 2.81. The normalized spacial score (nSPS) is 15.1. The van der Waals surface area contributed by atoms with Crippen LogP contribution in [0, 0.1) is 19.7 Å². The highest BCUT2D eigenvalue weighted by Gasteiger charge is 2.44. The van der Waals surface area contributed by atoms with Crippen molar-refractivity contribution in [1.29, 1.82) is 0 Å². The van der Waals surface area contributed by atoms with Gasteiger partial charge in [-0.3, -0.25) is 0 Å². The largest absolute Gasteiger partial charge is 0.337 e. The fraction of sp³-hybridized carbons (Fsp3) is 0.316. The molecule has 3 nitrogen and oxygen atoms in total. The first kappa shape index (κ1) is 15.5. The third-order valence-corrected chi connectivity index (χ3v) is 4.54. The number of hydrogen-bond acceptors (Lipinski definition) is 1. The number of hydrogen-bond donors (Lipinski definition) is 2. The molecule has 0 aliphatic heterocycles. The Morgan fingerprint density at radius 2 is 1.83 bits per heavy atom. The maximum atomic E-state index is 13.0. The topological polar surface area (TPSA) is 41.1 Å². The molecule has 2 aromatic rings. The first-order valence-electron chi connectivity index (χ1n) is 7.87. The molecule has 4 heteroatoms. The molecule has 0 heterocycles. The number of amides is 2. The van der Waals surface area contributed by atoms with E-state index in [-0.39, 0.29) is 17.3 Å². The molecule has 2 N–H and O–H groups in total. The summed E-state index contributed by atoms with van der Waals surface area (Å²) in [7, 11) is 0. The Bertz CT molecular complexity index is 721. The van der Waals surface area contributed by atoms with Crippen LogP contribution in [0.15, 0.2) is 42.5 Å². The van der Waals surface area contributed by atoms with Crippen LogP contribution in [0.2, 0.25) is 0 Å². The molecular weight excluding hydrogens is 291 g/mol. The van der Waals surface area contributed by atoms with Crippen molar-refractivity contribution in [3.63, 3.8) is 0 Å². The van der Waals surface area contributed by atoms with E-state index in [1.165, 1.54) is 12.1 Å². The molecule has 0 bridgehead atoms. The minimum absolute atomic E-state index is 0.0350. The Morgan fingerprint density at radius 3 is 2.48 bits per heavy atom. The molecule has 1 fully saturated rings. The molecule has 2 amide bonds. The molecule has 2 aromatic carbocycles. The quantitative estimate of drug-likeness (QED) is 0.868. The van der Waals surface area contributed by atoms with Crippen molar-refractivity contribution in [2.75, 3.05) is 11.9 Å². The molecule has 23 heavy (non-hydrogen) atoms. The summed E-state index contributed by atoms with van der Waals surface area (Å²) in [5.74, 6) is -0.231. The second-order valence-electron chi connectivity index (χ2n) is 6.41. The van der Waals surface area contributed by atoms with Gasteiger partial charge in [0.1, 0.15) is 5.82 Å². The molecular formula is C19H21FN2O. The van der Waals surface area contributed by atoms with Crippen molar-refractivity contribution in [3.8, 4) is 0 Å². The Balaban J connectivity index is 1.61. The van der Waals surface area contributed by atoms with Gasteiger partial charge >= 0.3 is 6.03 Å². The number of carbonyl (C=O) groups is 1. The molecule has 0 radical (unpaired) electrons. The minimum atomic E-state index is -0.231. The molecule has 120 valence electrons. The summed E-state index contributed by atoms with van der Waals surface area (Å²) in [6, 6.07) is 12.3. The van der Waals surface area contributed by atoms with Gasteiger partial charge in [-0.05, 0) is 61.6 Å². The van der Waals surface area contributed by atoms with E-state index in [2.05, 4.69) is 10.6 Å². The van der Waals surface area contributed by atoms with Gasteiger partial charge in [0.15, 0.2) is 0 Å². The SMILES string of the molecule is Cc1ccc(C)c(NC(=O)NCC2(c3ccc(F)cc3)CC2)c1. The van der Waals surface area contributed by atoms with E-state index in [9.17, 15) is 9.18 Å². The zero-order valence-corrected chi connectivity index (χ0v) is 13.4. The summed E-state index contributed by atoms with van der Waals surface area (Å²) in [4.78, 5) is 12.2. The first-order valence-corrected chi connectivity index (χ1v) is 7.87. The van der Waals surface area contributed by atoms with Crippen LogP contribution in [-0.4, -0.2) is 12.6 Å². The number of halogens is 1. The van der Waals surface area contributed by atoms with Crippen molar-refractivity contribution in [2.45, 2.75) is 32.1 Å². The molecule has 0 saturated heterocycles. The van der Waals surface area contributed by atoms with E-state index in [4.69, 9.17) is 0 Å². The molecule has 1 aliphatic rings. The second-order valence-corrected chi connectivity index (χ2v) is 6.41. The van der Waals surface area contributed by atoms with Crippen molar-refractivity contribution in [2.24, 2.45) is 0 Å². The van der Waals surface area contributed by atoms with E-state index in [1.54, 1.807) is 0 Å². The Kier molecular flexibility index (Phi) is 4.07. The number of carbonyl (C=O) groups excluding carboxylic acids is 1. The number of benzene rings is 2. The zero-order valence-electron chi connectivity index (χ0n) is 13.4. The number of aryl methyl sites for hydroxylation is 2. The third-order valence-electron chi connectivity index (χ3n) is 4.54. The second kappa shape index (κ2) is 6.03. The predicted molar refractivity (Wildman–Crippen MR) is 90.2 cm³/mol. The summed E-state index contributed by atoms with van der Waals surface area (Å²) < 4.78 is 13.0. The van der Waals surface area contributed by atoms with Gasteiger partial charge in [0.2, 0.25) is 0 Å². The average molecular weight is 312 g/mol. The molecule has 1 aliphatic carbocycles. The molecule has 0 spiro atoms. The lowest BCUT2D eigenvalue weighted by Gasteiger charge is -2.17. The van der Waals surface area contributed by atoms with E-state index >= 15 is 0 Å². The van der Waals surface area contributed by atoms with E-state index < -0.39 is 0 Å². The standard InChI is InChI=1S/C19H21FN2O/c1-13-3-4-14(2)17(11-13)22-18(23)21-12-19(9-10-19)15-5-7-16(20)8-6-15/h3-8,11H,9-10,12H2,1-2H3,(H2,21,22,23). The van der Waals surface area contributed by atoms with Crippen molar-refractivity contribution >= 4 is 11.7 Å². The molecule has 3 rings (SSSR count). The highest BCUT2D eigenvalue weighted by atomic mass is 19.1. The number of rotatable bonds is 4. The van der Waals surface area contributed by atoms with Gasteiger partial charge in [0.25, 0.3) is 0 Å². The summed E-state index contributed by atoms with van der Waals surface area (Å²) >= 11 is 0. The fourth-order valence-electron chi connectivity index (χ4n) is 2.81. The Morgan fingerprint density at radius 1 is 1.13 bits per heavy atom. The summed E-state index contributed by atoms with van der Waals surface area (Å²) in [5, 5.41) is 5.85. The van der Waals surface area contributed by atoms with E-state index in [0.29, 0.717) is 6.54 Å². The lowest BCUT2D eigenvalue weighted by atomic mass is 9.96. The van der Waals surface area contributed by atoms with Crippen LogP contribution in [0.3, 0.4) is 0 Å². The lowest BCUT2D eigenvalue weighted by Crippen LogP contribution is -2.35. The van der Waals surface area contributed by atoms with Crippen molar-refractivity contribution in [3.05, 3.63) is 65.0 Å². The Labute approximate surface area is 135 Å². The monoisotopic (exact) mass is 312 g/mol. The van der Waals surface area contributed by atoms with Gasteiger partial charge in [0, 0.05) is 17.6 Å². The van der Waals surface area contributed by atoms with Crippen LogP contribution >= 0.6 is 0 Å². The lowest BCUT2D eigenvalue weighted by molar-refractivity contribution is 0.251. The van der Waals surface area contributed by atoms with Crippen molar-refractivity contribution in [1.82, 2.24) is 5.32 Å². The number of nitrogens with one attached hydrogen (secondary N) is 2. The summed E-state index contributed by atoms with van der Waals surface area (Å²) in [6.07, 6.45) is 2.03. The molecule has 0 aromatic heterocycles. The van der Waals surface area contributed by atoms with Crippen LogP contribution in [0.1, 0.15) is 29.5 Å². The minimum Gasteiger partial charge on any atom is -0.337 e. The summed E-state index contributed by atoms with van der Waals surface area (Å²) in [6.45, 7) is 4.53. The van der Waals surface area contributed by atoms with Crippen LogP contribution in [0.25, 0.3) is 0 Å². The van der Waals surface area contributed by atoms with Gasteiger partial charge < -0.3 is 10.6 Å². The van der Waals surface area contributed by atoms with Crippen LogP contribution in [0.4, 0.5) is 14.9 Å². The molecule has 1 saturated carbocycles. The Hall–Kier alpha value is -2.36. The summed E-state index contributed by atoms with van der Waals surface area (Å²) in [5.41, 5.74) is 4.02. The third kappa shape index (κ3) is 3.52. The maximum Gasteiger partial charge on any atom is 0.319 e. The van der Waals surface area contributed by atoms with Gasteiger partial charge in [0.05, 0.1) is 0 Å². The zero-order chi connectivity index (χ0) is 16.4. The van der Waals surface area contributed by atoms with Gasteiger partial charge in [-0.2, -0.15) is 0 Å². The average Bonchev–Trinajstić information content (AvgIpc) is 3.31. The van der Waals surface area contributed by atoms with Crippen LogP contribution in [-0.2, 0) is 5.41 Å². The highest BCUT2D eigenvalue weighted by molar-refractivity contribution is 5.90. The predicted octanol–water partition coefficient (Wildman–Crippen LogP) is 4.30. The smallest absolute Gasteiger partial charge is 0.319 e. The maximum absolute atomic E-state index is 13.0. The van der Waals surface area contributed by atoms with E-state index in [0.717, 1.165) is 35.2 Å².